The van der Waals surface area contributed by atoms with Gasteiger partial charge in [-0.3, -0.25) is 14.9 Å². The molecule has 2 atom stereocenters. The van der Waals surface area contributed by atoms with Gasteiger partial charge >= 0.3 is 6.47 Å². The number of hydrogen-bond donors (Lipinski definition) is 1. The van der Waals surface area contributed by atoms with Crippen molar-refractivity contribution in [2.75, 3.05) is 7.05 Å². The Morgan fingerprint density at radius 2 is 2.05 bits per heavy atom. The molecule has 1 aromatic carbocycles. The Balaban J connectivity index is 1.76. The van der Waals surface area contributed by atoms with Gasteiger partial charge in [-0.15, -0.1) is 0 Å². The van der Waals surface area contributed by atoms with Crippen LogP contribution in [0.1, 0.15) is 37.4 Å². The molecule has 22 heavy (non-hydrogen) atoms. The fourth-order valence-corrected chi connectivity index (χ4v) is 3.31. The van der Waals surface area contributed by atoms with Gasteiger partial charge in [0.1, 0.15) is 6.17 Å². The van der Waals surface area contributed by atoms with E-state index < -0.39 is 5.60 Å². The summed E-state index contributed by atoms with van der Waals surface area (Å²) in [6.07, 6.45) is 3.09. The van der Waals surface area contributed by atoms with E-state index in [2.05, 4.69) is 10.2 Å². The molecule has 2 aliphatic rings. The highest BCUT2D eigenvalue weighted by atomic mass is 35.5. The zero-order valence-corrected chi connectivity index (χ0v) is 13.1. The van der Waals surface area contributed by atoms with Crippen molar-refractivity contribution in [2.24, 2.45) is 0 Å². The third-order valence-electron chi connectivity index (χ3n) is 4.31. The van der Waals surface area contributed by atoms with Crippen LogP contribution < -0.4 is 5.32 Å². The number of carbonyl (C=O) groups excluding carboxylic acids is 1. The van der Waals surface area contributed by atoms with E-state index in [9.17, 15) is 4.79 Å². The molecule has 1 saturated heterocycles. The van der Waals surface area contributed by atoms with Crippen molar-refractivity contribution in [3.8, 4) is 0 Å². The molecule has 1 heterocycles. The van der Waals surface area contributed by atoms with Crippen molar-refractivity contribution in [3.05, 3.63) is 34.9 Å². The Labute approximate surface area is 134 Å². The molecular formula is C15H19ClN2O4. The summed E-state index contributed by atoms with van der Waals surface area (Å²) in [6.45, 7) is 0.301. The highest BCUT2D eigenvalue weighted by Gasteiger charge is 2.50. The second kappa shape index (κ2) is 6.52. The van der Waals surface area contributed by atoms with Crippen molar-refractivity contribution in [1.29, 1.82) is 0 Å². The average molecular weight is 327 g/mol. The van der Waals surface area contributed by atoms with Crippen molar-refractivity contribution in [3.63, 3.8) is 0 Å². The smallest absolute Gasteiger partial charge is 0.301 e. The highest BCUT2D eigenvalue weighted by Crippen LogP contribution is 2.40. The van der Waals surface area contributed by atoms with Crippen LogP contribution in [0.25, 0.3) is 0 Å². The van der Waals surface area contributed by atoms with E-state index in [0.29, 0.717) is 11.5 Å². The number of nitrogens with one attached hydrogen (secondary N) is 1. The molecule has 0 aromatic heterocycles. The van der Waals surface area contributed by atoms with Crippen LogP contribution in [0.3, 0.4) is 0 Å². The summed E-state index contributed by atoms with van der Waals surface area (Å²) >= 11 is 5.93. The highest BCUT2D eigenvalue weighted by molar-refractivity contribution is 6.30. The summed E-state index contributed by atoms with van der Waals surface area (Å²) in [5, 5.41) is 5.85. The molecule has 3 rings (SSSR count). The monoisotopic (exact) mass is 326 g/mol. The lowest BCUT2D eigenvalue weighted by Crippen LogP contribution is -2.49. The first-order valence-electron chi connectivity index (χ1n) is 7.34. The van der Waals surface area contributed by atoms with Gasteiger partial charge in [-0.05, 0) is 30.5 Å². The standard InChI is InChI=1S/C15H19ClN2O4/c1-18-13(11-4-6-12(16)7-5-11)17-14(21-18)15(22-20-10-19)8-2-3-9-15/h4-7,10,13-14,17H,2-3,8-9H2,1H3. The van der Waals surface area contributed by atoms with Gasteiger partial charge in [0.2, 0.25) is 0 Å². The zero-order valence-electron chi connectivity index (χ0n) is 12.3. The summed E-state index contributed by atoms with van der Waals surface area (Å²) < 4.78 is 0. The van der Waals surface area contributed by atoms with Gasteiger partial charge in [0.15, 0.2) is 11.8 Å². The second-order valence-corrected chi connectivity index (χ2v) is 6.14. The predicted octanol–water partition coefficient (Wildman–Crippen LogP) is 2.55. The van der Waals surface area contributed by atoms with Gasteiger partial charge < -0.3 is 4.89 Å². The van der Waals surface area contributed by atoms with Gasteiger partial charge in [0.25, 0.3) is 0 Å². The maximum atomic E-state index is 10.5. The van der Waals surface area contributed by atoms with E-state index in [1.54, 1.807) is 5.06 Å². The van der Waals surface area contributed by atoms with Crippen LogP contribution in [0, 0.1) is 0 Å². The molecule has 1 aliphatic carbocycles. The fourth-order valence-electron chi connectivity index (χ4n) is 3.18. The number of hydroxylamine groups is 2. The Morgan fingerprint density at radius 3 is 2.68 bits per heavy atom. The fraction of sp³-hybridized carbons (Fsp3) is 0.533. The van der Waals surface area contributed by atoms with Gasteiger partial charge in [-0.25, -0.2) is 0 Å². The molecule has 2 fully saturated rings. The van der Waals surface area contributed by atoms with E-state index in [1.807, 2.05) is 31.3 Å². The molecule has 1 aliphatic heterocycles. The summed E-state index contributed by atoms with van der Waals surface area (Å²) in [5.74, 6) is 0. The number of benzene rings is 1. The van der Waals surface area contributed by atoms with Gasteiger partial charge in [0, 0.05) is 12.1 Å². The van der Waals surface area contributed by atoms with Crippen LogP contribution in [0.4, 0.5) is 0 Å². The maximum absolute atomic E-state index is 10.5. The van der Waals surface area contributed by atoms with Crippen LogP contribution >= 0.6 is 11.6 Å². The van der Waals surface area contributed by atoms with Gasteiger partial charge in [-0.2, -0.15) is 9.95 Å². The van der Waals surface area contributed by atoms with Crippen molar-refractivity contribution < 1.29 is 19.4 Å². The molecule has 0 spiro atoms. The lowest BCUT2D eigenvalue weighted by Gasteiger charge is -2.30. The topological polar surface area (TPSA) is 60.0 Å². The molecule has 6 nitrogen and oxygen atoms in total. The molecule has 0 bridgehead atoms. The number of nitrogens with zero attached hydrogens (tertiary/aromatic N) is 1. The predicted molar refractivity (Wildman–Crippen MR) is 79.4 cm³/mol. The quantitative estimate of drug-likeness (QED) is 0.510. The molecule has 1 saturated carbocycles. The molecule has 0 amide bonds. The Morgan fingerprint density at radius 1 is 1.36 bits per heavy atom. The SMILES string of the molecule is CN1OC(C2(OOC=O)CCCC2)NC1c1ccc(Cl)cc1. The minimum Gasteiger partial charge on any atom is -0.301 e. The first-order valence-corrected chi connectivity index (χ1v) is 7.72. The van der Waals surface area contributed by atoms with E-state index in [-0.39, 0.29) is 12.4 Å². The molecule has 1 N–H and O–H groups in total. The summed E-state index contributed by atoms with van der Waals surface area (Å²) in [6, 6.07) is 7.59. The lowest BCUT2D eigenvalue weighted by atomic mass is 10.00. The number of rotatable bonds is 5. The van der Waals surface area contributed by atoms with Gasteiger partial charge in [0.05, 0.1) is 0 Å². The average Bonchev–Trinajstić information content (AvgIpc) is 3.14. The third kappa shape index (κ3) is 2.98. The number of halogens is 1. The third-order valence-corrected chi connectivity index (χ3v) is 4.56. The molecular weight excluding hydrogens is 308 g/mol. The molecule has 0 radical (unpaired) electrons. The molecule has 1 aromatic rings. The lowest BCUT2D eigenvalue weighted by molar-refractivity contribution is -0.354. The minimum atomic E-state index is -0.643. The summed E-state index contributed by atoms with van der Waals surface area (Å²) in [4.78, 5) is 26.3. The van der Waals surface area contributed by atoms with Crippen molar-refractivity contribution >= 4 is 18.1 Å². The van der Waals surface area contributed by atoms with Crippen LogP contribution in [0.15, 0.2) is 24.3 Å². The maximum Gasteiger partial charge on any atom is 0.330 e. The normalized spacial score (nSPS) is 27.9. The summed E-state index contributed by atoms with van der Waals surface area (Å²) in [7, 11) is 1.86. The largest absolute Gasteiger partial charge is 0.330 e. The van der Waals surface area contributed by atoms with E-state index in [0.717, 1.165) is 31.2 Å². The first-order chi connectivity index (χ1) is 10.6. The second-order valence-electron chi connectivity index (χ2n) is 5.70. The van der Waals surface area contributed by atoms with Crippen LogP contribution in [-0.2, 0) is 19.4 Å². The van der Waals surface area contributed by atoms with Crippen molar-refractivity contribution in [1.82, 2.24) is 10.4 Å². The Hall–Kier alpha value is -1.18. The van der Waals surface area contributed by atoms with Crippen molar-refractivity contribution in [2.45, 2.75) is 43.7 Å². The van der Waals surface area contributed by atoms with E-state index >= 15 is 0 Å². The molecule has 2 unspecified atom stereocenters. The number of hydrogen-bond acceptors (Lipinski definition) is 6. The van der Waals surface area contributed by atoms with Crippen LogP contribution in [0.2, 0.25) is 5.02 Å². The van der Waals surface area contributed by atoms with Gasteiger partial charge in [-0.1, -0.05) is 36.6 Å². The van der Waals surface area contributed by atoms with Crippen LogP contribution in [0.5, 0.6) is 0 Å². The first kappa shape index (κ1) is 15.7. The molecule has 120 valence electrons. The Kier molecular flexibility index (Phi) is 4.65. The number of carbonyl (C=O) groups is 1. The van der Waals surface area contributed by atoms with E-state index in [1.165, 1.54) is 0 Å². The van der Waals surface area contributed by atoms with Crippen LogP contribution in [-0.4, -0.2) is 30.4 Å². The zero-order chi connectivity index (χ0) is 15.6. The molecule has 7 heteroatoms. The Bertz CT molecular complexity index is 519. The van der Waals surface area contributed by atoms with E-state index in [4.69, 9.17) is 21.3 Å². The minimum absolute atomic E-state index is 0.112. The summed E-state index contributed by atoms with van der Waals surface area (Å²) in [5.41, 5.74) is 0.398.